The molecule has 1 aromatic carbocycles. The number of fused-ring (bicyclic) bond motifs is 1. The highest BCUT2D eigenvalue weighted by Crippen LogP contribution is 2.33. The number of thiophene rings is 1. The third kappa shape index (κ3) is 3.48. The molecule has 0 amide bonds. The Hall–Kier alpha value is -2.46. The van der Waals surface area contributed by atoms with Gasteiger partial charge >= 0.3 is 5.97 Å². The Morgan fingerprint density at radius 2 is 2.00 bits per heavy atom. The van der Waals surface area contributed by atoms with Gasteiger partial charge in [0.25, 0.3) is 0 Å². The Morgan fingerprint density at radius 3 is 2.74 bits per heavy atom. The van der Waals surface area contributed by atoms with Crippen LogP contribution in [0.15, 0.2) is 35.7 Å². The predicted octanol–water partition coefficient (Wildman–Crippen LogP) is 5.01. The maximum absolute atomic E-state index is 11.1. The lowest BCUT2D eigenvalue weighted by Gasteiger charge is -2.01. The molecule has 2 aromatic heterocycles. The summed E-state index contributed by atoms with van der Waals surface area (Å²) < 4.78 is 6.31. The number of pyridine rings is 1. The van der Waals surface area contributed by atoms with Crippen LogP contribution in [0.2, 0.25) is 0 Å². The molecule has 3 aromatic rings. The second-order valence-corrected chi connectivity index (χ2v) is 6.32. The number of rotatable bonds is 3. The van der Waals surface area contributed by atoms with E-state index in [-0.39, 0.29) is 5.97 Å². The van der Waals surface area contributed by atoms with Crippen molar-refractivity contribution >= 4 is 39.5 Å². The van der Waals surface area contributed by atoms with Crippen molar-refractivity contribution in [1.82, 2.24) is 4.98 Å². The van der Waals surface area contributed by atoms with Crippen molar-refractivity contribution < 1.29 is 9.53 Å². The van der Waals surface area contributed by atoms with E-state index < -0.39 is 0 Å². The van der Waals surface area contributed by atoms with E-state index in [4.69, 9.17) is 4.74 Å². The van der Waals surface area contributed by atoms with Gasteiger partial charge < -0.3 is 4.74 Å². The van der Waals surface area contributed by atoms with Crippen LogP contribution in [-0.2, 0) is 4.79 Å². The van der Waals surface area contributed by atoms with E-state index in [1.807, 2.05) is 37.4 Å². The van der Waals surface area contributed by atoms with Gasteiger partial charge in [-0.15, -0.1) is 11.3 Å². The van der Waals surface area contributed by atoms with Crippen LogP contribution in [-0.4, -0.2) is 11.0 Å². The summed E-state index contributed by atoms with van der Waals surface area (Å²) in [5, 5.41) is 2.84. The lowest BCUT2D eigenvalue weighted by Crippen LogP contribution is -2.00. The Labute approximate surface area is 139 Å². The highest BCUT2D eigenvalue weighted by atomic mass is 32.1. The average Bonchev–Trinajstić information content (AvgIpc) is 2.88. The number of hydrogen-bond donors (Lipinski definition) is 0. The lowest BCUT2D eigenvalue weighted by molar-refractivity contribution is -0.131. The molecule has 3 rings (SSSR count). The number of carbonyl (C=O) groups is 1. The fourth-order valence-electron chi connectivity index (χ4n) is 2.42. The van der Waals surface area contributed by atoms with Crippen LogP contribution in [0, 0.1) is 13.8 Å². The van der Waals surface area contributed by atoms with E-state index in [0.717, 1.165) is 32.6 Å². The molecule has 0 fully saturated rings. The van der Waals surface area contributed by atoms with E-state index in [1.54, 1.807) is 11.3 Å². The van der Waals surface area contributed by atoms with Crippen molar-refractivity contribution in [3.63, 3.8) is 0 Å². The normalized spacial score (nSPS) is 11.3. The number of aromatic nitrogens is 1. The SMILES string of the molecule is CC(=O)Oc1csc2cc(/C=C/c3ccc(C)nc3C)ccc12. The van der Waals surface area contributed by atoms with Crippen molar-refractivity contribution in [2.24, 2.45) is 0 Å². The zero-order valence-electron chi connectivity index (χ0n) is 13.3. The summed E-state index contributed by atoms with van der Waals surface area (Å²) in [4.78, 5) is 15.6. The van der Waals surface area contributed by atoms with Gasteiger partial charge in [-0.05, 0) is 43.2 Å². The Kier molecular flexibility index (Phi) is 4.26. The van der Waals surface area contributed by atoms with Gasteiger partial charge in [-0.2, -0.15) is 0 Å². The predicted molar refractivity (Wildman–Crippen MR) is 95.8 cm³/mol. The number of hydrogen-bond acceptors (Lipinski definition) is 4. The second kappa shape index (κ2) is 6.34. The van der Waals surface area contributed by atoms with Crippen LogP contribution in [0.5, 0.6) is 5.75 Å². The molecule has 0 atom stereocenters. The van der Waals surface area contributed by atoms with Crippen molar-refractivity contribution in [2.45, 2.75) is 20.8 Å². The van der Waals surface area contributed by atoms with Gasteiger partial charge in [-0.3, -0.25) is 9.78 Å². The Morgan fingerprint density at radius 1 is 1.17 bits per heavy atom. The zero-order valence-corrected chi connectivity index (χ0v) is 14.1. The van der Waals surface area contributed by atoms with E-state index in [9.17, 15) is 4.79 Å². The molecule has 0 N–H and O–H groups in total. The minimum absolute atomic E-state index is 0.295. The summed E-state index contributed by atoms with van der Waals surface area (Å²) in [5.74, 6) is 0.336. The molecule has 0 bridgehead atoms. The van der Waals surface area contributed by atoms with Gasteiger partial charge in [0.1, 0.15) is 5.75 Å². The molecular weight excluding hydrogens is 306 g/mol. The van der Waals surface area contributed by atoms with Gasteiger partial charge in [0, 0.05) is 33.8 Å². The molecule has 0 aliphatic heterocycles. The van der Waals surface area contributed by atoms with Gasteiger partial charge in [0.05, 0.1) is 0 Å². The van der Waals surface area contributed by atoms with Gasteiger partial charge in [-0.1, -0.05) is 24.3 Å². The summed E-state index contributed by atoms with van der Waals surface area (Å²) in [5.41, 5.74) is 4.27. The number of esters is 1. The van der Waals surface area contributed by atoms with E-state index in [1.165, 1.54) is 6.92 Å². The Bertz CT molecular complexity index is 909. The van der Waals surface area contributed by atoms with Crippen LogP contribution in [0.1, 0.15) is 29.4 Å². The number of benzene rings is 1. The largest absolute Gasteiger partial charge is 0.425 e. The number of carbonyl (C=O) groups excluding carboxylic acids is 1. The molecule has 2 heterocycles. The van der Waals surface area contributed by atoms with Crippen LogP contribution >= 0.6 is 11.3 Å². The van der Waals surface area contributed by atoms with Gasteiger partial charge in [0.15, 0.2) is 0 Å². The fourth-order valence-corrected chi connectivity index (χ4v) is 3.33. The van der Waals surface area contributed by atoms with Crippen molar-refractivity contribution in [2.75, 3.05) is 0 Å². The summed E-state index contributed by atoms with van der Waals surface area (Å²) in [7, 11) is 0. The van der Waals surface area contributed by atoms with E-state index >= 15 is 0 Å². The molecule has 4 heteroatoms. The first kappa shape index (κ1) is 15.4. The van der Waals surface area contributed by atoms with Crippen LogP contribution in [0.25, 0.3) is 22.2 Å². The maximum Gasteiger partial charge on any atom is 0.308 e. The summed E-state index contributed by atoms with van der Waals surface area (Å²) in [6, 6.07) is 10.2. The molecule has 0 aliphatic rings. The first-order valence-corrected chi connectivity index (χ1v) is 8.23. The van der Waals surface area contributed by atoms with E-state index in [0.29, 0.717) is 5.75 Å². The molecule has 0 spiro atoms. The van der Waals surface area contributed by atoms with Crippen molar-refractivity contribution in [3.05, 3.63) is 58.2 Å². The molecule has 3 nitrogen and oxygen atoms in total. The topological polar surface area (TPSA) is 39.2 Å². The third-order valence-corrected chi connectivity index (χ3v) is 4.46. The molecule has 0 radical (unpaired) electrons. The molecular formula is C19H17NO2S. The minimum atomic E-state index is -0.295. The fraction of sp³-hybridized carbons (Fsp3) is 0.158. The summed E-state index contributed by atoms with van der Waals surface area (Å²) in [6.07, 6.45) is 4.15. The Balaban J connectivity index is 1.89. The monoisotopic (exact) mass is 323 g/mol. The van der Waals surface area contributed by atoms with E-state index in [2.05, 4.69) is 29.3 Å². The maximum atomic E-state index is 11.1. The van der Waals surface area contributed by atoms with Gasteiger partial charge in [-0.25, -0.2) is 0 Å². The number of ether oxygens (including phenoxy) is 1. The summed E-state index contributed by atoms with van der Waals surface area (Å²) >= 11 is 1.57. The smallest absolute Gasteiger partial charge is 0.308 e. The zero-order chi connectivity index (χ0) is 16.4. The highest BCUT2D eigenvalue weighted by Gasteiger charge is 2.07. The number of nitrogens with zero attached hydrogens (tertiary/aromatic N) is 1. The molecule has 116 valence electrons. The third-order valence-electron chi connectivity index (χ3n) is 3.54. The molecule has 0 unspecified atom stereocenters. The highest BCUT2D eigenvalue weighted by molar-refractivity contribution is 7.17. The molecule has 23 heavy (non-hydrogen) atoms. The van der Waals surface area contributed by atoms with Crippen molar-refractivity contribution in [1.29, 1.82) is 0 Å². The molecule has 0 saturated heterocycles. The standard InChI is InChI=1S/C19H17NO2S/c1-12-4-7-16(13(2)20-12)8-5-15-6-9-17-18(22-14(3)21)11-23-19(17)10-15/h4-11H,1-3H3/b8-5+. The minimum Gasteiger partial charge on any atom is -0.425 e. The quantitative estimate of drug-likeness (QED) is 0.636. The lowest BCUT2D eigenvalue weighted by atomic mass is 10.1. The molecule has 0 aliphatic carbocycles. The van der Waals surface area contributed by atoms with Crippen LogP contribution in [0.3, 0.4) is 0 Å². The first-order valence-electron chi connectivity index (χ1n) is 7.35. The average molecular weight is 323 g/mol. The van der Waals surface area contributed by atoms with Gasteiger partial charge in [0.2, 0.25) is 0 Å². The van der Waals surface area contributed by atoms with Crippen LogP contribution < -0.4 is 4.74 Å². The summed E-state index contributed by atoms with van der Waals surface area (Å²) in [6.45, 7) is 5.42. The molecule has 0 saturated carbocycles. The second-order valence-electron chi connectivity index (χ2n) is 5.41. The van der Waals surface area contributed by atoms with Crippen molar-refractivity contribution in [3.8, 4) is 5.75 Å². The number of aryl methyl sites for hydroxylation is 2. The first-order chi connectivity index (χ1) is 11.0. The van der Waals surface area contributed by atoms with Crippen LogP contribution in [0.4, 0.5) is 0 Å².